The second-order valence-electron chi connectivity index (χ2n) is 6.22. The van der Waals surface area contributed by atoms with Gasteiger partial charge >= 0.3 is 0 Å². The van der Waals surface area contributed by atoms with Crippen molar-refractivity contribution in [3.05, 3.63) is 95.6 Å². The van der Waals surface area contributed by atoms with Crippen LogP contribution in [0.2, 0.25) is 0 Å². The molecule has 0 saturated heterocycles. The molecule has 0 unspecified atom stereocenters. The smallest absolute Gasteiger partial charge is 0.255 e. The van der Waals surface area contributed by atoms with E-state index in [0.29, 0.717) is 29.1 Å². The molecule has 0 aromatic heterocycles. The average Bonchev–Trinajstić information content (AvgIpc) is 2.75. The van der Waals surface area contributed by atoms with Crippen LogP contribution < -0.4 is 15.4 Å². The van der Waals surface area contributed by atoms with Crippen LogP contribution in [0.5, 0.6) is 5.75 Å². The zero-order valence-electron chi connectivity index (χ0n) is 15.6. The molecule has 3 aromatic carbocycles. The maximum Gasteiger partial charge on any atom is 0.255 e. The summed E-state index contributed by atoms with van der Waals surface area (Å²) in [5, 5.41) is 5.72. The molecule has 142 valence electrons. The molecule has 0 aliphatic heterocycles. The van der Waals surface area contributed by atoms with Gasteiger partial charge < -0.3 is 15.4 Å². The third-order valence-corrected chi connectivity index (χ3v) is 4.31. The number of anilines is 1. The van der Waals surface area contributed by atoms with Crippen molar-refractivity contribution in [2.45, 2.75) is 6.42 Å². The highest BCUT2D eigenvalue weighted by atomic mass is 16.5. The van der Waals surface area contributed by atoms with Crippen molar-refractivity contribution < 1.29 is 14.3 Å². The predicted octanol–water partition coefficient (Wildman–Crippen LogP) is 3.92. The molecule has 0 spiro atoms. The average molecular weight is 374 g/mol. The van der Waals surface area contributed by atoms with Crippen LogP contribution >= 0.6 is 0 Å². The standard InChI is InChI=1S/C23H22N2O3/c1-28-19-13-11-18(12-14-19)22(26)25-21-10-6-5-9-20(21)23(27)24-16-15-17-7-3-2-4-8-17/h2-14H,15-16H2,1H3,(H,24,27)(H,25,26). The molecule has 0 heterocycles. The van der Waals surface area contributed by atoms with Crippen LogP contribution in [0.25, 0.3) is 0 Å². The van der Waals surface area contributed by atoms with Gasteiger partial charge in [0, 0.05) is 12.1 Å². The highest BCUT2D eigenvalue weighted by molar-refractivity contribution is 6.09. The van der Waals surface area contributed by atoms with Crippen molar-refractivity contribution in [3.63, 3.8) is 0 Å². The lowest BCUT2D eigenvalue weighted by Gasteiger charge is -2.12. The summed E-state index contributed by atoms with van der Waals surface area (Å²) in [6, 6.07) is 23.7. The fourth-order valence-electron chi connectivity index (χ4n) is 2.79. The molecule has 5 nitrogen and oxygen atoms in total. The lowest BCUT2D eigenvalue weighted by atomic mass is 10.1. The van der Waals surface area contributed by atoms with Crippen LogP contribution in [0, 0.1) is 0 Å². The Bertz CT molecular complexity index is 938. The van der Waals surface area contributed by atoms with E-state index in [-0.39, 0.29) is 11.8 Å². The molecule has 0 radical (unpaired) electrons. The summed E-state index contributed by atoms with van der Waals surface area (Å²) in [6.45, 7) is 0.517. The van der Waals surface area contributed by atoms with Crippen LogP contribution in [0.4, 0.5) is 5.69 Å². The topological polar surface area (TPSA) is 67.4 Å². The van der Waals surface area contributed by atoms with Gasteiger partial charge in [0.05, 0.1) is 18.4 Å². The minimum Gasteiger partial charge on any atom is -0.497 e. The first-order chi connectivity index (χ1) is 13.7. The van der Waals surface area contributed by atoms with E-state index in [1.54, 1.807) is 55.6 Å². The molecule has 0 bridgehead atoms. The number of amides is 2. The molecular formula is C23H22N2O3. The Morgan fingerprint density at radius 3 is 2.21 bits per heavy atom. The number of carbonyl (C=O) groups excluding carboxylic acids is 2. The zero-order chi connectivity index (χ0) is 19.8. The fraction of sp³-hybridized carbons (Fsp3) is 0.130. The minimum atomic E-state index is -0.285. The minimum absolute atomic E-state index is 0.221. The lowest BCUT2D eigenvalue weighted by molar-refractivity contribution is 0.0955. The van der Waals surface area contributed by atoms with Gasteiger partial charge in [-0.2, -0.15) is 0 Å². The third-order valence-electron chi connectivity index (χ3n) is 4.31. The SMILES string of the molecule is COc1ccc(C(=O)Nc2ccccc2C(=O)NCCc2ccccc2)cc1. The fourth-order valence-corrected chi connectivity index (χ4v) is 2.79. The maximum absolute atomic E-state index is 12.6. The Morgan fingerprint density at radius 2 is 1.50 bits per heavy atom. The maximum atomic E-state index is 12.6. The van der Waals surface area contributed by atoms with Crippen molar-refractivity contribution in [1.29, 1.82) is 0 Å². The number of hydrogen-bond donors (Lipinski definition) is 2. The highest BCUT2D eigenvalue weighted by Gasteiger charge is 2.14. The summed E-state index contributed by atoms with van der Waals surface area (Å²) in [4.78, 5) is 25.1. The van der Waals surface area contributed by atoms with E-state index in [2.05, 4.69) is 10.6 Å². The first kappa shape index (κ1) is 19.2. The van der Waals surface area contributed by atoms with Crippen LogP contribution in [0.3, 0.4) is 0 Å². The normalized spacial score (nSPS) is 10.2. The number of carbonyl (C=O) groups is 2. The van der Waals surface area contributed by atoms with E-state index in [9.17, 15) is 9.59 Å². The van der Waals surface area contributed by atoms with Gasteiger partial charge in [0.2, 0.25) is 0 Å². The number of nitrogens with one attached hydrogen (secondary N) is 2. The number of hydrogen-bond acceptors (Lipinski definition) is 3. The number of benzene rings is 3. The van der Waals surface area contributed by atoms with Crippen LogP contribution in [-0.4, -0.2) is 25.5 Å². The molecule has 0 saturated carbocycles. The molecule has 2 N–H and O–H groups in total. The Balaban J connectivity index is 1.64. The Hall–Kier alpha value is -3.60. The molecule has 3 aromatic rings. The summed E-state index contributed by atoms with van der Waals surface area (Å²) in [5.74, 6) is 0.170. The third kappa shape index (κ3) is 4.98. The second-order valence-corrected chi connectivity index (χ2v) is 6.22. The van der Waals surface area contributed by atoms with Gasteiger partial charge in [-0.1, -0.05) is 42.5 Å². The van der Waals surface area contributed by atoms with Crippen molar-refractivity contribution in [2.24, 2.45) is 0 Å². The van der Waals surface area contributed by atoms with Gasteiger partial charge in [0.15, 0.2) is 0 Å². The monoisotopic (exact) mass is 374 g/mol. The molecule has 5 heteroatoms. The van der Waals surface area contributed by atoms with Gasteiger partial charge in [-0.3, -0.25) is 9.59 Å². The lowest BCUT2D eigenvalue weighted by Crippen LogP contribution is -2.27. The predicted molar refractivity (Wildman–Crippen MR) is 110 cm³/mol. The van der Waals surface area contributed by atoms with Gasteiger partial charge in [-0.25, -0.2) is 0 Å². The Morgan fingerprint density at radius 1 is 0.821 bits per heavy atom. The molecule has 3 rings (SSSR count). The van der Waals surface area contributed by atoms with Crippen molar-refractivity contribution in [3.8, 4) is 5.75 Å². The number of methoxy groups -OCH3 is 1. The number of para-hydroxylation sites is 1. The molecule has 0 aliphatic carbocycles. The quantitative estimate of drug-likeness (QED) is 0.659. The molecule has 0 atom stereocenters. The first-order valence-electron chi connectivity index (χ1n) is 9.04. The summed E-state index contributed by atoms with van der Waals surface area (Å²) in [5.41, 5.74) is 2.54. The van der Waals surface area contributed by atoms with E-state index >= 15 is 0 Å². The van der Waals surface area contributed by atoms with E-state index < -0.39 is 0 Å². The Kier molecular flexibility index (Phi) is 6.41. The molecule has 2 amide bonds. The van der Waals surface area contributed by atoms with E-state index in [4.69, 9.17) is 4.74 Å². The van der Waals surface area contributed by atoms with Gasteiger partial charge in [0.1, 0.15) is 5.75 Å². The van der Waals surface area contributed by atoms with E-state index in [1.807, 2.05) is 30.3 Å². The van der Waals surface area contributed by atoms with Crippen molar-refractivity contribution in [2.75, 3.05) is 19.0 Å². The van der Waals surface area contributed by atoms with Gasteiger partial charge in [-0.15, -0.1) is 0 Å². The van der Waals surface area contributed by atoms with Crippen LogP contribution in [0.15, 0.2) is 78.9 Å². The number of ether oxygens (including phenoxy) is 1. The molecule has 28 heavy (non-hydrogen) atoms. The van der Waals surface area contributed by atoms with Crippen molar-refractivity contribution >= 4 is 17.5 Å². The summed E-state index contributed by atoms with van der Waals surface area (Å²) >= 11 is 0. The molecular weight excluding hydrogens is 352 g/mol. The molecule has 0 fully saturated rings. The zero-order valence-corrected chi connectivity index (χ0v) is 15.6. The van der Waals surface area contributed by atoms with E-state index in [0.717, 1.165) is 12.0 Å². The molecule has 0 aliphatic rings. The van der Waals surface area contributed by atoms with Crippen molar-refractivity contribution in [1.82, 2.24) is 5.32 Å². The van der Waals surface area contributed by atoms with Crippen LogP contribution in [0.1, 0.15) is 26.3 Å². The Labute approximate surface area is 164 Å². The highest BCUT2D eigenvalue weighted by Crippen LogP contribution is 2.17. The summed E-state index contributed by atoms with van der Waals surface area (Å²) in [7, 11) is 1.57. The van der Waals surface area contributed by atoms with Gasteiger partial charge in [0.25, 0.3) is 11.8 Å². The largest absolute Gasteiger partial charge is 0.497 e. The summed E-state index contributed by atoms with van der Waals surface area (Å²) in [6.07, 6.45) is 0.743. The summed E-state index contributed by atoms with van der Waals surface area (Å²) < 4.78 is 5.10. The van der Waals surface area contributed by atoms with Gasteiger partial charge in [-0.05, 0) is 48.4 Å². The number of rotatable bonds is 7. The van der Waals surface area contributed by atoms with E-state index in [1.165, 1.54) is 0 Å². The van der Waals surface area contributed by atoms with Crippen LogP contribution in [-0.2, 0) is 6.42 Å². The second kappa shape index (κ2) is 9.37. The first-order valence-corrected chi connectivity index (χ1v) is 9.04.